The van der Waals surface area contributed by atoms with Crippen LogP contribution in [-0.4, -0.2) is 36.5 Å². The highest BCUT2D eigenvalue weighted by Gasteiger charge is 2.37. The van der Waals surface area contributed by atoms with Crippen molar-refractivity contribution in [3.63, 3.8) is 0 Å². The molecule has 0 unspecified atom stereocenters. The summed E-state index contributed by atoms with van der Waals surface area (Å²) in [7, 11) is -4.19. The third-order valence-electron chi connectivity index (χ3n) is 1.87. The van der Waals surface area contributed by atoms with Gasteiger partial charge in [0.15, 0.2) is 0 Å². The second-order valence-corrected chi connectivity index (χ2v) is 4.59. The first-order valence-corrected chi connectivity index (χ1v) is 5.49. The fraction of sp³-hybridized carbons (Fsp3) is 0.333. The van der Waals surface area contributed by atoms with Gasteiger partial charge < -0.3 is 0 Å². The minimum absolute atomic E-state index is 0.122. The molecule has 0 radical (unpaired) electrons. The van der Waals surface area contributed by atoms with E-state index >= 15 is 0 Å². The normalized spacial score (nSPS) is 12.1. The third-order valence-corrected chi connectivity index (χ3v) is 3.30. The maximum absolute atomic E-state index is 11.2. The van der Waals surface area contributed by atoms with Gasteiger partial charge in [0.2, 0.25) is 0 Å². The molecule has 0 atom stereocenters. The molecular weight excluding hydrogens is 202 g/mol. The molecule has 0 aliphatic carbocycles. The molecule has 80 valence electrons. The molecule has 14 heavy (non-hydrogen) atoms. The van der Waals surface area contributed by atoms with Gasteiger partial charge in [-0.1, -0.05) is 19.7 Å². The van der Waals surface area contributed by atoms with E-state index in [4.69, 9.17) is 4.55 Å². The molecule has 0 rings (SSSR count). The maximum atomic E-state index is 11.2. The Hall–Kier alpha value is -0.910. The summed E-state index contributed by atoms with van der Waals surface area (Å²) in [5.41, 5.74) is 0. The molecular formula is C9H16NO3S+. The van der Waals surface area contributed by atoms with E-state index < -0.39 is 14.2 Å². The van der Waals surface area contributed by atoms with Gasteiger partial charge >= 0.3 is 10.3 Å². The number of nitrogens with zero attached hydrogens (tertiary/aromatic N) is 1. The molecule has 0 aliphatic rings. The van der Waals surface area contributed by atoms with Crippen LogP contribution in [0.25, 0.3) is 0 Å². The standard InChI is InChI=1S/C9H15NO3S/c1-4-7-10(8-5-2,9-6-3)14(11,12)13/h4-6H,1-3,7-9H2/p+1. The molecule has 0 aromatic carbocycles. The van der Waals surface area contributed by atoms with E-state index in [0.717, 1.165) is 0 Å². The highest BCUT2D eigenvalue weighted by atomic mass is 32.2. The Labute approximate surface area is 85.3 Å². The van der Waals surface area contributed by atoms with Crippen LogP contribution in [0.15, 0.2) is 38.0 Å². The predicted molar refractivity (Wildman–Crippen MR) is 57.0 cm³/mol. The molecule has 1 N–H and O–H groups in total. The largest absolute Gasteiger partial charge is 0.433 e. The van der Waals surface area contributed by atoms with Crippen molar-refractivity contribution in [2.45, 2.75) is 0 Å². The second kappa shape index (κ2) is 5.09. The van der Waals surface area contributed by atoms with Crippen molar-refractivity contribution in [2.75, 3.05) is 19.6 Å². The summed E-state index contributed by atoms with van der Waals surface area (Å²) in [6.45, 7) is 10.8. The predicted octanol–water partition coefficient (Wildman–Crippen LogP) is 1.16. The van der Waals surface area contributed by atoms with Crippen molar-refractivity contribution in [1.82, 2.24) is 0 Å². The Morgan fingerprint density at radius 2 is 1.29 bits per heavy atom. The monoisotopic (exact) mass is 218 g/mol. The van der Waals surface area contributed by atoms with Crippen LogP contribution in [0.3, 0.4) is 0 Å². The quantitative estimate of drug-likeness (QED) is 0.396. The lowest BCUT2D eigenvalue weighted by atomic mass is 10.4. The van der Waals surface area contributed by atoms with Gasteiger partial charge in [0, 0.05) is 0 Å². The summed E-state index contributed by atoms with van der Waals surface area (Å²) >= 11 is 0. The third kappa shape index (κ3) is 2.80. The molecule has 0 fully saturated rings. The molecule has 4 nitrogen and oxygen atoms in total. The number of rotatable bonds is 7. The Morgan fingerprint density at radius 3 is 1.43 bits per heavy atom. The second-order valence-electron chi connectivity index (χ2n) is 2.92. The fourth-order valence-corrected chi connectivity index (χ4v) is 2.09. The molecule has 5 heteroatoms. The molecule has 0 bridgehead atoms. The van der Waals surface area contributed by atoms with Gasteiger partial charge in [-0.3, -0.25) is 0 Å². The van der Waals surface area contributed by atoms with Crippen molar-refractivity contribution in [3.8, 4) is 0 Å². The summed E-state index contributed by atoms with van der Waals surface area (Å²) in [4.78, 5) is 0. The average molecular weight is 218 g/mol. The van der Waals surface area contributed by atoms with Crippen molar-refractivity contribution in [1.29, 1.82) is 0 Å². The van der Waals surface area contributed by atoms with E-state index in [-0.39, 0.29) is 19.6 Å². The van der Waals surface area contributed by atoms with Crippen LogP contribution in [0.1, 0.15) is 0 Å². The van der Waals surface area contributed by atoms with Gasteiger partial charge in [0.25, 0.3) is 0 Å². The van der Waals surface area contributed by atoms with Crippen molar-refractivity contribution >= 4 is 10.3 Å². The summed E-state index contributed by atoms with van der Waals surface area (Å²) in [6.07, 6.45) is 4.34. The highest BCUT2D eigenvalue weighted by molar-refractivity contribution is 7.80. The van der Waals surface area contributed by atoms with Crippen LogP contribution in [-0.2, 0) is 10.3 Å². The minimum atomic E-state index is -4.19. The van der Waals surface area contributed by atoms with E-state index in [1.54, 1.807) is 0 Å². The number of hydrogen-bond donors (Lipinski definition) is 1. The van der Waals surface area contributed by atoms with Crippen LogP contribution < -0.4 is 0 Å². The van der Waals surface area contributed by atoms with Crippen LogP contribution in [0, 0.1) is 0 Å². The van der Waals surface area contributed by atoms with Gasteiger partial charge in [-0.2, -0.15) is 3.89 Å². The number of quaternary nitrogens is 1. The molecule has 0 saturated heterocycles. The SMILES string of the molecule is C=CC[N+](CC=C)(CC=C)S(=O)(=O)O. The summed E-state index contributed by atoms with van der Waals surface area (Å²) in [6, 6.07) is 0. The van der Waals surface area contributed by atoms with Gasteiger partial charge in [-0.15, -0.1) is 8.42 Å². The summed E-state index contributed by atoms with van der Waals surface area (Å²) in [5.74, 6) is 0. The number of hydrogen-bond acceptors (Lipinski definition) is 2. The van der Waals surface area contributed by atoms with Gasteiger partial charge in [0.05, 0.1) is 0 Å². The topological polar surface area (TPSA) is 54.4 Å². The zero-order valence-corrected chi connectivity index (χ0v) is 8.91. The van der Waals surface area contributed by atoms with Gasteiger partial charge in [0.1, 0.15) is 19.6 Å². The molecule has 0 aromatic rings. The van der Waals surface area contributed by atoms with Crippen LogP contribution >= 0.6 is 0 Å². The first kappa shape index (κ1) is 13.1. The zero-order valence-electron chi connectivity index (χ0n) is 8.09. The smallest absolute Gasteiger partial charge is 0.241 e. The summed E-state index contributed by atoms with van der Waals surface area (Å²) < 4.78 is 31.0. The minimum Gasteiger partial charge on any atom is -0.241 e. The molecule has 0 heterocycles. The molecule has 0 aliphatic heterocycles. The molecule has 0 saturated carbocycles. The Bertz CT molecular complexity index is 292. The zero-order chi connectivity index (χ0) is 11.2. The summed E-state index contributed by atoms with van der Waals surface area (Å²) in [5, 5.41) is 0. The first-order chi connectivity index (χ1) is 6.43. The van der Waals surface area contributed by atoms with Crippen molar-refractivity contribution in [2.24, 2.45) is 0 Å². The lowest BCUT2D eigenvalue weighted by Crippen LogP contribution is -2.52. The maximum Gasteiger partial charge on any atom is 0.433 e. The van der Waals surface area contributed by atoms with E-state index in [1.807, 2.05) is 0 Å². The lowest BCUT2D eigenvalue weighted by molar-refractivity contribution is -0.791. The van der Waals surface area contributed by atoms with Crippen LogP contribution in [0.2, 0.25) is 0 Å². The Balaban J connectivity index is 5.22. The van der Waals surface area contributed by atoms with E-state index in [0.29, 0.717) is 0 Å². The van der Waals surface area contributed by atoms with Gasteiger partial charge in [-0.25, -0.2) is 4.55 Å². The fourth-order valence-electron chi connectivity index (χ4n) is 1.21. The van der Waals surface area contributed by atoms with E-state index in [9.17, 15) is 8.42 Å². The average Bonchev–Trinajstić information content (AvgIpc) is 2.03. The van der Waals surface area contributed by atoms with Crippen LogP contribution in [0.4, 0.5) is 0 Å². The Morgan fingerprint density at radius 1 is 1.00 bits per heavy atom. The van der Waals surface area contributed by atoms with Crippen molar-refractivity contribution < 1.29 is 16.9 Å². The van der Waals surface area contributed by atoms with E-state index in [1.165, 1.54) is 18.2 Å². The van der Waals surface area contributed by atoms with Crippen molar-refractivity contribution in [3.05, 3.63) is 38.0 Å². The highest BCUT2D eigenvalue weighted by Crippen LogP contribution is 2.14. The molecule has 0 spiro atoms. The van der Waals surface area contributed by atoms with Crippen LogP contribution in [0.5, 0.6) is 0 Å². The molecule has 0 aromatic heterocycles. The Kier molecular flexibility index (Phi) is 4.76. The molecule has 0 amide bonds. The first-order valence-electron chi connectivity index (χ1n) is 4.10. The lowest BCUT2D eigenvalue weighted by Gasteiger charge is -2.30. The van der Waals surface area contributed by atoms with E-state index in [2.05, 4.69) is 19.7 Å². The van der Waals surface area contributed by atoms with Gasteiger partial charge in [-0.05, 0) is 18.2 Å².